The third kappa shape index (κ3) is 6.69. The monoisotopic (exact) mass is 308 g/mol. The van der Waals surface area contributed by atoms with Crippen LogP contribution in [0.5, 0.6) is 0 Å². The van der Waals surface area contributed by atoms with Crippen LogP contribution in [0.1, 0.15) is 24.0 Å². The van der Waals surface area contributed by atoms with E-state index < -0.39 is 0 Å². The Morgan fingerprint density at radius 2 is 1.59 bits per heavy atom. The summed E-state index contributed by atoms with van der Waals surface area (Å²) in [6, 6.07) is 7.96. The van der Waals surface area contributed by atoms with Crippen molar-refractivity contribution in [3.8, 4) is 0 Å². The maximum absolute atomic E-state index is 11.3. The predicted molar refractivity (Wildman–Crippen MR) is 82.9 cm³/mol. The molecule has 0 saturated heterocycles. The minimum atomic E-state index is -0.265. The maximum Gasteiger partial charge on any atom is 0.306 e. The number of carbonyl (C=O) groups excluding carboxylic acids is 2. The Bertz CT molecular complexity index is 471. The van der Waals surface area contributed by atoms with Gasteiger partial charge in [0.2, 0.25) is 0 Å². The van der Waals surface area contributed by atoms with E-state index in [1.807, 2.05) is 29.2 Å². The van der Waals surface area contributed by atoms with Crippen LogP contribution in [0.4, 0.5) is 0 Å². The van der Waals surface area contributed by atoms with Crippen LogP contribution < -0.4 is 5.73 Å². The minimum Gasteiger partial charge on any atom is -0.469 e. The third-order valence-corrected chi connectivity index (χ3v) is 3.35. The van der Waals surface area contributed by atoms with E-state index in [-0.39, 0.29) is 24.8 Å². The topological polar surface area (TPSA) is 81.9 Å². The quantitative estimate of drug-likeness (QED) is 0.687. The summed E-state index contributed by atoms with van der Waals surface area (Å²) in [5.74, 6) is -0.530. The molecule has 6 nitrogen and oxygen atoms in total. The number of esters is 2. The summed E-state index contributed by atoms with van der Waals surface area (Å²) in [4.78, 5) is 24.6. The highest BCUT2D eigenvalue weighted by atomic mass is 16.5. The van der Waals surface area contributed by atoms with Gasteiger partial charge in [-0.15, -0.1) is 0 Å². The fourth-order valence-corrected chi connectivity index (χ4v) is 2.09. The van der Waals surface area contributed by atoms with E-state index in [1.165, 1.54) is 14.2 Å². The van der Waals surface area contributed by atoms with Crippen LogP contribution in [0.15, 0.2) is 24.3 Å². The smallest absolute Gasteiger partial charge is 0.306 e. The van der Waals surface area contributed by atoms with E-state index in [2.05, 4.69) is 9.47 Å². The average Bonchev–Trinajstić information content (AvgIpc) is 2.56. The molecule has 1 aromatic rings. The first-order valence-corrected chi connectivity index (χ1v) is 7.23. The van der Waals surface area contributed by atoms with Crippen LogP contribution >= 0.6 is 0 Å². The Kier molecular flexibility index (Phi) is 8.17. The second-order valence-corrected chi connectivity index (χ2v) is 4.95. The molecule has 0 amide bonds. The highest BCUT2D eigenvalue weighted by Crippen LogP contribution is 2.09. The molecule has 0 aliphatic carbocycles. The van der Waals surface area contributed by atoms with E-state index in [1.54, 1.807) is 0 Å². The van der Waals surface area contributed by atoms with E-state index in [9.17, 15) is 9.59 Å². The summed E-state index contributed by atoms with van der Waals surface area (Å²) >= 11 is 0. The molecule has 0 aliphatic rings. The molecule has 0 unspecified atom stereocenters. The first-order valence-electron chi connectivity index (χ1n) is 7.23. The van der Waals surface area contributed by atoms with Gasteiger partial charge in [0, 0.05) is 26.2 Å². The zero-order valence-electron chi connectivity index (χ0n) is 13.2. The second-order valence-electron chi connectivity index (χ2n) is 4.95. The van der Waals surface area contributed by atoms with Crippen LogP contribution in [0.3, 0.4) is 0 Å². The molecule has 1 rings (SSSR count). The highest BCUT2D eigenvalue weighted by Gasteiger charge is 2.12. The molecule has 0 fully saturated rings. The molecule has 0 atom stereocenters. The molecule has 0 saturated carbocycles. The van der Waals surface area contributed by atoms with Crippen LogP contribution in [0.2, 0.25) is 0 Å². The van der Waals surface area contributed by atoms with Gasteiger partial charge in [0.15, 0.2) is 0 Å². The largest absolute Gasteiger partial charge is 0.469 e. The molecule has 2 N–H and O–H groups in total. The molecule has 6 heteroatoms. The molecule has 22 heavy (non-hydrogen) atoms. The SMILES string of the molecule is COC(=O)CCN(CCC(=O)OC)Cc1cccc(CN)c1. The zero-order valence-corrected chi connectivity index (χ0v) is 13.2. The predicted octanol–water partition coefficient (Wildman–Crippen LogP) is 1.07. The van der Waals surface area contributed by atoms with Crippen molar-refractivity contribution in [1.82, 2.24) is 4.90 Å². The van der Waals surface area contributed by atoms with Crippen molar-refractivity contribution >= 4 is 11.9 Å². The summed E-state index contributed by atoms with van der Waals surface area (Å²) < 4.78 is 9.32. The molecular weight excluding hydrogens is 284 g/mol. The van der Waals surface area contributed by atoms with Gasteiger partial charge in [0.05, 0.1) is 27.1 Å². The highest BCUT2D eigenvalue weighted by molar-refractivity contribution is 5.70. The normalized spacial score (nSPS) is 10.5. The number of benzene rings is 1. The lowest BCUT2D eigenvalue weighted by Crippen LogP contribution is -2.29. The van der Waals surface area contributed by atoms with Crippen molar-refractivity contribution in [3.05, 3.63) is 35.4 Å². The first-order chi connectivity index (χ1) is 10.6. The molecule has 0 bridgehead atoms. The van der Waals surface area contributed by atoms with Crippen molar-refractivity contribution in [3.63, 3.8) is 0 Å². The van der Waals surface area contributed by atoms with E-state index in [0.717, 1.165) is 11.1 Å². The van der Waals surface area contributed by atoms with Gasteiger partial charge >= 0.3 is 11.9 Å². The van der Waals surface area contributed by atoms with Gasteiger partial charge in [-0.3, -0.25) is 14.5 Å². The zero-order chi connectivity index (χ0) is 16.4. The molecule has 0 aromatic heterocycles. The molecule has 1 aromatic carbocycles. The Morgan fingerprint density at radius 1 is 1.05 bits per heavy atom. The number of ether oxygens (including phenoxy) is 2. The number of carbonyl (C=O) groups is 2. The molecule has 0 radical (unpaired) electrons. The van der Waals surface area contributed by atoms with Gasteiger partial charge in [-0.05, 0) is 11.1 Å². The van der Waals surface area contributed by atoms with Gasteiger partial charge < -0.3 is 15.2 Å². The Balaban J connectivity index is 2.65. The number of methoxy groups -OCH3 is 2. The minimum absolute atomic E-state index is 0.265. The summed E-state index contributed by atoms with van der Waals surface area (Å²) in [5, 5.41) is 0. The van der Waals surface area contributed by atoms with Crippen molar-refractivity contribution in [2.75, 3.05) is 27.3 Å². The Labute approximate surface area is 131 Å². The second kappa shape index (κ2) is 9.92. The summed E-state index contributed by atoms with van der Waals surface area (Å²) in [7, 11) is 2.73. The van der Waals surface area contributed by atoms with E-state index >= 15 is 0 Å². The lowest BCUT2D eigenvalue weighted by molar-refractivity contribution is -0.141. The third-order valence-electron chi connectivity index (χ3n) is 3.35. The van der Waals surface area contributed by atoms with E-state index in [4.69, 9.17) is 5.73 Å². The number of rotatable bonds is 9. The average molecular weight is 308 g/mol. The molecule has 122 valence electrons. The van der Waals surface area contributed by atoms with Crippen LogP contribution in [-0.2, 0) is 32.2 Å². The van der Waals surface area contributed by atoms with Crippen molar-refractivity contribution < 1.29 is 19.1 Å². The summed E-state index contributed by atoms with van der Waals surface area (Å²) in [6.07, 6.45) is 0.572. The van der Waals surface area contributed by atoms with Gasteiger partial charge in [-0.25, -0.2) is 0 Å². The van der Waals surface area contributed by atoms with Gasteiger partial charge in [0.1, 0.15) is 0 Å². The van der Waals surface area contributed by atoms with Crippen LogP contribution in [0.25, 0.3) is 0 Å². The number of nitrogens with zero attached hydrogens (tertiary/aromatic N) is 1. The number of hydrogen-bond donors (Lipinski definition) is 1. The lowest BCUT2D eigenvalue weighted by atomic mass is 10.1. The summed E-state index contributed by atoms with van der Waals surface area (Å²) in [5.41, 5.74) is 7.80. The molecule has 0 spiro atoms. The molecule has 0 aliphatic heterocycles. The number of nitrogens with two attached hydrogens (primary N) is 1. The maximum atomic E-state index is 11.3. The van der Waals surface area contributed by atoms with Gasteiger partial charge in [-0.2, -0.15) is 0 Å². The fourth-order valence-electron chi connectivity index (χ4n) is 2.09. The van der Waals surface area contributed by atoms with Crippen LogP contribution in [-0.4, -0.2) is 44.1 Å². The Morgan fingerprint density at radius 3 is 2.09 bits per heavy atom. The molecular formula is C16H24N2O4. The van der Waals surface area contributed by atoms with Gasteiger partial charge in [-0.1, -0.05) is 24.3 Å². The van der Waals surface area contributed by atoms with Crippen molar-refractivity contribution in [2.24, 2.45) is 5.73 Å². The first kappa shape index (κ1) is 18.1. The van der Waals surface area contributed by atoms with E-state index in [0.29, 0.717) is 26.2 Å². The van der Waals surface area contributed by atoms with Crippen molar-refractivity contribution in [2.45, 2.75) is 25.9 Å². The number of hydrogen-bond acceptors (Lipinski definition) is 6. The van der Waals surface area contributed by atoms with Crippen LogP contribution in [0, 0.1) is 0 Å². The van der Waals surface area contributed by atoms with Crippen molar-refractivity contribution in [1.29, 1.82) is 0 Å². The lowest BCUT2D eigenvalue weighted by Gasteiger charge is -2.21. The summed E-state index contributed by atoms with van der Waals surface area (Å²) in [6.45, 7) is 2.17. The standard InChI is InChI=1S/C16H24N2O4/c1-21-15(19)6-8-18(9-7-16(20)22-2)12-14-5-3-4-13(10-14)11-17/h3-5,10H,6-9,11-12,17H2,1-2H3. The fraction of sp³-hybridized carbons (Fsp3) is 0.500. The van der Waals surface area contributed by atoms with Gasteiger partial charge in [0.25, 0.3) is 0 Å². The Hall–Kier alpha value is -1.92. The molecule has 0 heterocycles.